The van der Waals surface area contributed by atoms with Crippen molar-refractivity contribution in [2.45, 2.75) is 83.7 Å². The summed E-state index contributed by atoms with van der Waals surface area (Å²) in [4.78, 5) is 30.7. The molecular formula is C49H54ClF6N9O4. The quantitative estimate of drug-likeness (QED) is 0.0758. The highest BCUT2D eigenvalue weighted by atomic mass is 35.5. The number of rotatable bonds is 15. The first-order valence-electron chi connectivity index (χ1n) is 22.8. The smallest absolute Gasteiger partial charge is 0.322 e. The predicted molar refractivity (Wildman–Crippen MR) is 250 cm³/mol. The number of hydrogen-bond donors (Lipinski definition) is 2. The van der Waals surface area contributed by atoms with E-state index in [9.17, 15) is 35.9 Å². The maximum absolute atomic E-state index is 14.9. The first-order valence-corrected chi connectivity index (χ1v) is 23.3. The molecule has 20 heteroatoms. The Labute approximate surface area is 401 Å². The summed E-state index contributed by atoms with van der Waals surface area (Å²) >= 11 is 5.62. The molecule has 0 radical (unpaired) electrons. The van der Waals surface area contributed by atoms with Gasteiger partial charge in [0.05, 0.1) is 13.1 Å². The topological polar surface area (TPSA) is 146 Å². The van der Waals surface area contributed by atoms with Gasteiger partial charge in [-0.2, -0.15) is 17.6 Å². The number of hydrogen-bond acceptors (Lipinski definition) is 9. The molecule has 69 heavy (non-hydrogen) atoms. The summed E-state index contributed by atoms with van der Waals surface area (Å²) in [6.07, 6.45) is 6.78. The van der Waals surface area contributed by atoms with E-state index in [0.717, 1.165) is 31.8 Å². The van der Waals surface area contributed by atoms with Crippen LogP contribution in [0.25, 0.3) is 22.9 Å². The largest absolute Gasteiger partial charge is 0.415 e. The fourth-order valence-electron chi connectivity index (χ4n) is 7.52. The molecule has 1 saturated heterocycles. The maximum atomic E-state index is 14.9. The van der Waals surface area contributed by atoms with Crippen molar-refractivity contribution in [1.82, 2.24) is 35.9 Å². The average Bonchev–Trinajstić information content (AvgIpc) is 4.09. The normalized spacial score (nSPS) is 13.8. The van der Waals surface area contributed by atoms with Crippen molar-refractivity contribution in [2.24, 2.45) is 0 Å². The molecule has 2 fully saturated rings. The number of halogens is 7. The molecule has 6 aromatic rings. The highest BCUT2D eigenvalue weighted by Gasteiger charge is 2.23. The first kappa shape index (κ1) is 51.9. The van der Waals surface area contributed by atoms with Gasteiger partial charge in [0.1, 0.15) is 11.6 Å². The van der Waals surface area contributed by atoms with E-state index in [-0.39, 0.29) is 65.6 Å². The number of amides is 4. The lowest BCUT2D eigenvalue weighted by Crippen LogP contribution is -2.44. The maximum Gasteiger partial charge on any atom is 0.322 e. The Bertz CT molecular complexity index is 2480. The van der Waals surface area contributed by atoms with Crippen molar-refractivity contribution in [1.29, 1.82) is 0 Å². The van der Waals surface area contributed by atoms with Gasteiger partial charge in [-0.15, -0.1) is 32.0 Å². The molecule has 1 saturated carbocycles. The standard InChI is InChI=1S/C24H26F3N5O2.C19H16ClF3N4O2.C6H12/c25-20-15-17(22-29-30-23(34-22)21(26)27)9-10-18(20)16-32(19-7-3-1-4-8-19)24(33)28-11-14-31-12-5-2-6-13-31;20-8-9-24-19(28)27(14-4-2-1-3-5-14)11-13-7-6-12(10-15(13)21)17-25-26-18(29-17)16(22)23;1-2-4-6-5-3-1/h1,3-4,7-10,15,21H,2,5-6,11-14,16H2,(H,28,33);1-7,10,16H,8-9,11H2,(H,24,28);1-6H2. The molecule has 0 spiro atoms. The molecule has 2 aromatic heterocycles. The molecule has 4 amide bonds. The van der Waals surface area contributed by atoms with E-state index in [2.05, 4.69) is 35.9 Å². The first-order chi connectivity index (χ1) is 33.5. The minimum Gasteiger partial charge on any atom is -0.415 e. The summed E-state index contributed by atoms with van der Waals surface area (Å²) in [7, 11) is 0. The molecule has 0 atom stereocenters. The van der Waals surface area contributed by atoms with Crippen molar-refractivity contribution in [3.8, 4) is 22.9 Å². The van der Waals surface area contributed by atoms with E-state index in [4.69, 9.17) is 20.4 Å². The van der Waals surface area contributed by atoms with Crippen LogP contribution >= 0.6 is 11.6 Å². The van der Waals surface area contributed by atoms with Crippen molar-refractivity contribution in [3.05, 3.63) is 132 Å². The fraction of sp³-hybridized carbons (Fsp3) is 0.388. The van der Waals surface area contributed by atoms with E-state index < -0.39 is 42.3 Å². The monoisotopic (exact) mass is 981 g/mol. The lowest BCUT2D eigenvalue weighted by atomic mass is 10.0. The van der Waals surface area contributed by atoms with Gasteiger partial charge in [-0.1, -0.05) is 93.5 Å². The number of piperidine rings is 1. The number of nitrogens with zero attached hydrogens (tertiary/aromatic N) is 7. The van der Waals surface area contributed by atoms with Crippen LogP contribution in [0, 0.1) is 11.6 Å². The lowest BCUT2D eigenvalue weighted by molar-refractivity contribution is 0.115. The van der Waals surface area contributed by atoms with Gasteiger partial charge < -0.3 is 24.4 Å². The van der Waals surface area contributed by atoms with Gasteiger partial charge in [0.2, 0.25) is 11.8 Å². The summed E-state index contributed by atoms with van der Waals surface area (Å²) in [6, 6.07) is 25.1. The molecule has 4 aromatic carbocycles. The Kier molecular flexibility index (Phi) is 20.2. The Morgan fingerprint density at radius 2 is 0.986 bits per heavy atom. The molecule has 8 rings (SSSR count). The number of likely N-dealkylation sites (tertiary alicyclic amines) is 1. The van der Waals surface area contributed by atoms with Gasteiger partial charge in [-0.05, 0) is 74.5 Å². The van der Waals surface area contributed by atoms with Crippen molar-refractivity contribution in [3.63, 3.8) is 0 Å². The Morgan fingerprint density at radius 3 is 1.36 bits per heavy atom. The molecule has 1 aliphatic heterocycles. The minimum atomic E-state index is -2.91. The zero-order valence-electron chi connectivity index (χ0n) is 37.8. The number of aromatic nitrogens is 4. The van der Waals surface area contributed by atoms with Gasteiger partial charge in [-0.3, -0.25) is 9.80 Å². The molecule has 3 heterocycles. The number of carbonyl (C=O) groups is 2. The number of benzene rings is 4. The second-order valence-corrected chi connectivity index (χ2v) is 16.5. The predicted octanol–water partition coefficient (Wildman–Crippen LogP) is 12.1. The number of nitrogens with one attached hydrogen (secondary N) is 2. The summed E-state index contributed by atoms with van der Waals surface area (Å²) in [5, 5.41) is 19.1. The summed E-state index contributed by atoms with van der Waals surface area (Å²) < 4.78 is 89.9. The highest BCUT2D eigenvalue weighted by Crippen LogP contribution is 2.28. The molecular weight excluding hydrogens is 928 g/mol. The Balaban J connectivity index is 0.000000204. The van der Waals surface area contributed by atoms with E-state index in [0.29, 0.717) is 17.9 Å². The SMILES string of the molecule is C1CCCCC1.O=C(NCCCl)N(Cc1ccc(-c2nnc(C(F)F)o2)cc1F)c1ccccc1.O=C(NCCN1CCCCC1)N(Cc1ccc(-c2nnc(C(F)F)o2)cc1F)c1ccccc1. The number of para-hydroxylation sites is 2. The third kappa shape index (κ3) is 15.8. The van der Waals surface area contributed by atoms with Gasteiger partial charge in [-0.25, -0.2) is 18.4 Å². The minimum absolute atomic E-state index is 0.0161. The van der Waals surface area contributed by atoms with Crippen LogP contribution in [0.1, 0.15) is 93.5 Å². The van der Waals surface area contributed by atoms with Crippen LogP contribution in [0.2, 0.25) is 0 Å². The van der Waals surface area contributed by atoms with Crippen LogP contribution in [-0.4, -0.2) is 76.0 Å². The van der Waals surface area contributed by atoms with Crippen molar-refractivity contribution < 1.29 is 44.8 Å². The molecule has 1 aliphatic carbocycles. The zero-order chi connectivity index (χ0) is 49.0. The van der Waals surface area contributed by atoms with Crippen LogP contribution in [0.15, 0.2) is 106 Å². The van der Waals surface area contributed by atoms with Crippen LogP contribution in [0.4, 0.5) is 47.3 Å². The fourth-order valence-corrected chi connectivity index (χ4v) is 7.62. The average molecular weight is 982 g/mol. The summed E-state index contributed by atoms with van der Waals surface area (Å²) in [5.41, 5.74) is 2.00. The number of alkyl halides is 5. The lowest BCUT2D eigenvalue weighted by Gasteiger charge is -2.28. The summed E-state index contributed by atoms with van der Waals surface area (Å²) in [6.45, 7) is 3.52. The second-order valence-electron chi connectivity index (χ2n) is 16.1. The van der Waals surface area contributed by atoms with Gasteiger partial charge in [0.25, 0.3) is 11.8 Å². The molecule has 13 nitrogen and oxygen atoms in total. The molecule has 2 N–H and O–H groups in total. The van der Waals surface area contributed by atoms with E-state index in [1.54, 1.807) is 54.6 Å². The zero-order valence-corrected chi connectivity index (χ0v) is 38.6. The van der Waals surface area contributed by atoms with Crippen LogP contribution in [0.3, 0.4) is 0 Å². The molecule has 368 valence electrons. The van der Waals surface area contributed by atoms with Crippen LogP contribution < -0.4 is 20.4 Å². The second kappa shape index (κ2) is 26.9. The molecule has 2 aliphatic rings. The highest BCUT2D eigenvalue weighted by molar-refractivity contribution is 6.18. The Morgan fingerprint density at radius 1 is 0.580 bits per heavy atom. The molecule has 0 unspecified atom stereocenters. The summed E-state index contributed by atoms with van der Waals surface area (Å²) in [5.74, 6) is -3.10. The van der Waals surface area contributed by atoms with E-state index in [1.165, 1.54) is 91.9 Å². The number of urea groups is 2. The van der Waals surface area contributed by atoms with Crippen molar-refractivity contribution in [2.75, 3.05) is 48.4 Å². The molecule has 0 bridgehead atoms. The van der Waals surface area contributed by atoms with Gasteiger partial charge in [0, 0.05) is 59.1 Å². The van der Waals surface area contributed by atoms with Gasteiger partial charge >= 0.3 is 24.9 Å². The third-order valence-corrected chi connectivity index (χ3v) is 11.4. The van der Waals surface area contributed by atoms with E-state index in [1.807, 2.05) is 6.07 Å². The number of anilines is 2. The van der Waals surface area contributed by atoms with E-state index >= 15 is 0 Å². The number of carbonyl (C=O) groups excluding carboxylic acids is 2. The van der Waals surface area contributed by atoms with Crippen LogP contribution in [-0.2, 0) is 13.1 Å². The Hall–Kier alpha value is -6.47. The van der Waals surface area contributed by atoms with Crippen LogP contribution in [0.5, 0.6) is 0 Å². The third-order valence-electron chi connectivity index (χ3n) is 11.2. The van der Waals surface area contributed by atoms with Crippen molar-refractivity contribution >= 4 is 35.0 Å². The van der Waals surface area contributed by atoms with Gasteiger partial charge in [0.15, 0.2) is 0 Å².